The molecule has 13 heteroatoms. The highest BCUT2D eigenvalue weighted by Crippen LogP contribution is 2.50. The summed E-state index contributed by atoms with van der Waals surface area (Å²) in [4.78, 5) is 37.9. The van der Waals surface area contributed by atoms with E-state index in [-0.39, 0.29) is 5.75 Å². The molecule has 3 N–H and O–H groups in total. The lowest BCUT2D eigenvalue weighted by molar-refractivity contribution is -0.149. The Morgan fingerprint density at radius 2 is 1.94 bits per heavy atom. The fourth-order valence-electron chi connectivity index (χ4n) is 3.66. The maximum Gasteiger partial charge on any atom is 0.330 e. The monoisotopic (exact) mass is 513 g/mol. The highest BCUT2D eigenvalue weighted by atomic mass is 31.2. The molecular weight excluding hydrogens is 484 g/mol. The van der Waals surface area contributed by atoms with E-state index in [4.69, 9.17) is 14.0 Å². The van der Waals surface area contributed by atoms with Crippen molar-refractivity contribution < 1.29 is 32.9 Å². The average molecular weight is 513 g/mol. The topological polar surface area (TPSA) is 149 Å². The smallest absolute Gasteiger partial charge is 0.330 e. The molecule has 6 atom stereocenters. The van der Waals surface area contributed by atoms with Gasteiger partial charge in [-0.2, -0.15) is 0 Å². The van der Waals surface area contributed by atoms with E-state index in [2.05, 4.69) is 5.09 Å². The highest BCUT2D eigenvalue weighted by molar-refractivity contribution is 7.57. The Balaban J connectivity index is 1.89. The summed E-state index contributed by atoms with van der Waals surface area (Å²) in [6, 6.07) is 8.04. The second-order valence-corrected chi connectivity index (χ2v) is 10.9. The number of aliphatic hydroxyl groups excluding tert-OH is 1. The van der Waals surface area contributed by atoms with Crippen molar-refractivity contribution in [1.82, 2.24) is 14.6 Å². The first-order valence-corrected chi connectivity index (χ1v) is 12.8. The zero-order valence-electron chi connectivity index (χ0n) is 19.7. The molecule has 1 fully saturated rings. The summed E-state index contributed by atoms with van der Waals surface area (Å²) in [6.45, 7) is 5.78. The number of alkyl halides is 1. The number of hydrogen-bond donors (Lipinski definition) is 3. The van der Waals surface area contributed by atoms with Crippen molar-refractivity contribution in [3.8, 4) is 5.75 Å². The van der Waals surface area contributed by atoms with Crippen LogP contribution in [0.3, 0.4) is 0 Å². The summed E-state index contributed by atoms with van der Waals surface area (Å²) < 4.78 is 46.7. The standard InChI is InChI=1S/C22H29FN3O8P/c1-13(2)32-19(29)14(3)25-35(31,34-15-8-6-5-7-9-15)12-16-18(28)22(4,23)20(33-16)26-11-10-17(27)24-21(26)30/h5-11,13-14,16,18,20,28H,12H2,1-4H3,(H,25,31)(H,24,27,30)/t14-,16+,18+,20+,22+,35-/m0/s1. The fourth-order valence-corrected chi connectivity index (χ4v) is 5.81. The van der Waals surface area contributed by atoms with Crippen LogP contribution < -0.4 is 20.9 Å². The molecule has 11 nitrogen and oxygen atoms in total. The van der Waals surface area contributed by atoms with Crippen LogP contribution in [0.2, 0.25) is 0 Å². The minimum Gasteiger partial charge on any atom is -0.462 e. The lowest BCUT2D eigenvalue weighted by Crippen LogP contribution is -2.44. The molecule has 192 valence electrons. The summed E-state index contributed by atoms with van der Waals surface area (Å²) in [5.41, 5.74) is -4.12. The number of aliphatic hydroxyl groups is 1. The zero-order valence-corrected chi connectivity index (χ0v) is 20.6. The van der Waals surface area contributed by atoms with Gasteiger partial charge in [-0.05, 0) is 39.8 Å². The molecular formula is C22H29FN3O8P. The number of rotatable bonds is 9. The van der Waals surface area contributed by atoms with Crippen LogP contribution in [0.25, 0.3) is 0 Å². The molecule has 0 saturated carbocycles. The average Bonchev–Trinajstić information content (AvgIpc) is 2.97. The van der Waals surface area contributed by atoms with Gasteiger partial charge in [-0.15, -0.1) is 0 Å². The van der Waals surface area contributed by atoms with E-state index in [1.165, 1.54) is 6.92 Å². The Kier molecular flexibility index (Phi) is 8.00. The molecule has 1 aliphatic heterocycles. The number of carbonyl (C=O) groups is 1. The van der Waals surface area contributed by atoms with Gasteiger partial charge in [-0.3, -0.25) is 23.7 Å². The molecule has 35 heavy (non-hydrogen) atoms. The number of esters is 1. The van der Waals surface area contributed by atoms with Crippen LogP contribution in [0.5, 0.6) is 5.75 Å². The quantitative estimate of drug-likeness (QED) is 0.337. The molecule has 0 bridgehead atoms. The van der Waals surface area contributed by atoms with Gasteiger partial charge in [0.1, 0.15) is 24.0 Å². The van der Waals surface area contributed by atoms with Gasteiger partial charge in [-0.1, -0.05) is 18.2 Å². The summed E-state index contributed by atoms with van der Waals surface area (Å²) in [7, 11) is -4.02. The van der Waals surface area contributed by atoms with Crippen LogP contribution in [0.1, 0.15) is 33.9 Å². The van der Waals surface area contributed by atoms with Gasteiger partial charge >= 0.3 is 19.2 Å². The number of benzene rings is 1. The van der Waals surface area contributed by atoms with Crippen LogP contribution in [-0.2, 0) is 18.8 Å². The minimum absolute atomic E-state index is 0.205. The third-order valence-electron chi connectivity index (χ3n) is 5.33. The lowest BCUT2D eigenvalue weighted by atomic mass is 9.99. The first-order chi connectivity index (χ1) is 16.3. The van der Waals surface area contributed by atoms with E-state index < -0.39 is 67.2 Å². The number of halogens is 1. The lowest BCUT2D eigenvalue weighted by Gasteiger charge is -2.27. The molecule has 1 aromatic carbocycles. The van der Waals surface area contributed by atoms with E-state index >= 15 is 4.39 Å². The molecule has 3 rings (SSSR count). The number of aromatic nitrogens is 2. The summed E-state index contributed by atoms with van der Waals surface area (Å²) in [6.07, 6.45) is -4.76. The molecule has 1 aromatic heterocycles. The molecule has 1 saturated heterocycles. The van der Waals surface area contributed by atoms with E-state index in [1.807, 2.05) is 4.98 Å². The highest BCUT2D eigenvalue weighted by Gasteiger charge is 2.57. The molecule has 0 amide bonds. The van der Waals surface area contributed by atoms with Crippen molar-refractivity contribution in [2.75, 3.05) is 6.16 Å². The Hall–Kier alpha value is -2.79. The predicted molar refractivity (Wildman–Crippen MR) is 124 cm³/mol. The van der Waals surface area contributed by atoms with Crippen LogP contribution in [0, 0.1) is 0 Å². The second-order valence-electron chi connectivity index (χ2n) is 8.74. The van der Waals surface area contributed by atoms with Crippen molar-refractivity contribution in [3.05, 3.63) is 63.4 Å². The Bertz CT molecular complexity index is 1200. The van der Waals surface area contributed by atoms with Gasteiger partial charge in [0.2, 0.25) is 0 Å². The van der Waals surface area contributed by atoms with Gasteiger partial charge in [0, 0.05) is 12.3 Å². The molecule has 2 aromatic rings. The van der Waals surface area contributed by atoms with E-state index in [0.29, 0.717) is 0 Å². The number of H-pyrrole nitrogens is 1. The third-order valence-corrected chi connectivity index (χ3v) is 7.46. The molecule has 0 aliphatic carbocycles. The van der Waals surface area contributed by atoms with Crippen molar-refractivity contribution in [3.63, 3.8) is 0 Å². The number of nitrogens with one attached hydrogen (secondary N) is 2. The summed E-state index contributed by atoms with van der Waals surface area (Å²) in [5, 5.41) is 13.3. The normalized spacial score (nSPS) is 26.8. The van der Waals surface area contributed by atoms with E-state index in [1.54, 1.807) is 44.2 Å². The maximum absolute atomic E-state index is 15.6. The van der Waals surface area contributed by atoms with E-state index in [0.717, 1.165) is 23.8 Å². The Morgan fingerprint density at radius 3 is 2.54 bits per heavy atom. The van der Waals surface area contributed by atoms with Gasteiger partial charge in [-0.25, -0.2) is 14.3 Å². The molecule has 0 radical (unpaired) electrons. The number of ether oxygens (including phenoxy) is 2. The van der Waals surface area contributed by atoms with Crippen molar-refractivity contribution in [2.45, 2.75) is 63.9 Å². The van der Waals surface area contributed by atoms with Gasteiger partial charge in [0.25, 0.3) is 5.56 Å². The van der Waals surface area contributed by atoms with Gasteiger partial charge in [0.15, 0.2) is 11.9 Å². The number of aromatic amines is 1. The van der Waals surface area contributed by atoms with Crippen LogP contribution in [0.4, 0.5) is 4.39 Å². The van der Waals surface area contributed by atoms with Crippen molar-refractivity contribution in [2.24, 2.45) is 0 Å². The van der Waals surface area contributed by atoms with Crippen molar-refractivity contribution >= 4 is 13.5 Å². The fraction of sp³-hybridized carbons (Fsp3) is 0.500. The number of nitrogens with zero attached hydrogens (tertiary/aromatic N) is 1. The molecule has 0 spiro atoms. The maximum atomic E-state index is 15.6. The largest absolute Gasteiger partial charge is 0.462 e. The van der Waals surface area contributed by atoms with Crippen molar-refractivity contribution in [1.29, 1.82) is 0 Å². The van der Waals surface area contributed by atoms with Gasteiger partial charge < -0.3 is 19.1 Å². The molecule has 2 heterocycles. The van der Waals surface area contributed by atoms with Gasteiger partial charge in [0.05, 0.1) is 12.3 Å². The number of hydrogen-bond acceptors (Lipinski definition) is 8. The summed E-state index contributed by atoms with van der Waals surface area (Å²) in [5.74, 6) is -0.477. The molecule has 1 aliphatic rings. The molecule has 0 unspecified atom stereocenters. The van der Waals surface area contributed by atoms with Crippen LogP contribution in [-0.4, -0.2) is 56.8 Å². The Morgan fingerprint density at radius 1 is 1.29 bits per heavy atom. The first kappa shape index (κ1) is 26.8. The number of carbonyl (C=O) groups excluding carboxylic acids is 1. The van der Waals surface area contributed by atoms with E-state index in [9.17, 15) is 24.1 Å². The first-order valence-electron chi connectivity index (χ1n) is 11.0. The number of para-hydroxylation sites is 1. The third kappa shape index (κ3) is 6.26. The zero-order chi connectivity index (χ0) is 26.0. The predicted octanol–water partition coefficient (Wildman–Crippen LogP) is 1.72. The Labute approximate surface area is 200 Å². The summed E-state index contributed by atoms with van der Waals surface area (Å²) >= 11 is 0. The van der Waals surface area contributed by atoms with Crippen LogP contribution in [0.15, 0.2) is 52.2 Å². The minimum atomic E-state index is -4.02. The van der Waals surface area contributed by atoms with Crippen LogP contribution >= 0.6 is 7.52 Å². The SMILES string of the molecule is CC(C)OC(=O)[C@H](C)N[P@](=O)(C[C@H]1O[C@@H](n2ccc(=O)[nH]c2=O)[C@](C)(F)[C@@H]1O)Oc1ccccc1. The second kappa shape index (κ2) is 10.4.